The molecule has 162 valence electrons. The van der Waals surface area contributed by atoms with Crippen LogP contribution in [0.15, 0.2) is 48.9 Å². The first-order valence-corrected chi connectivity index (χ1v) is 10.3. The summed E-state index contributed by atoms with van der Waals surface area (Å²) in [6.07, 6.45) is 0.521. The summed E-state index contributed by atoms with van der Waals surface area (Å²) >= 11 is 1.34. The van der Waals surface area contributed by atoms with Crippen LogP contribution in [0, 0.1) is 0 Å². The summed E-state index contributed by atoms with van der Waals surface area (Å²) in [5.74, 6) is 0.384. The van der Waals surface area contributed by atoms with Crippen molar-refractivity contribution in [2.24, 2.45) is 0 Å². The maximum atomic E-state index is 12.7. The third-order valence-corrected chi connectivity index (χ3v) is 5.73. The highest BCUT2D eigenvalue weighted by atomic mass is 32.1. The second kappa shape index (κ2) is 8.88. The molecule has 4 rings (SSSR count). The molecule has 11 heteroatoms. The standard InChI is InChI=1S/C20H18F3N5O2S/c21-20(22,23)30-15-4-2-14(3-5-15)18-26-13-16(31-18)12-17(29)27-8-10-28(11-9-27)19-24-6-1-7-25-19/h1-7,13H,8-12H2. The minimum atomic E-state index is -4.73. The molecule has 1 fully saturated rings. The third kappa shape index (κ3) is 5.48. The minimum Gasteiger partial charge on any atom is -0.406 e. The molecule has 0 radical (unpaired) electrons. The van der Waals surface area contributed by atoms with Crippen molar-refractivity contribution in [1.29, 1.82) is 0 Å². The number of piperazine rings is 1. The summed E-state index contributed by atoms with van der Waals surface area (Å²) in [5, 5.41) is 0.632. The van der Waals surface area contributed by atoms with Crippen LogP contribution >= 0.6 is 11.3 Å². The highest BCUT2D eigenvalue weighted by Gasteiger charge is 2.31. The van der Waals surface area contributed by atoms with Crippen molar-refractivity contribution in [2.45, 2.75) is 12.8 Å². The predicted molar refractivity (Wildman–Crippen MR) is 109 cm³/mol. The third-order valence-electron chi connectivity index (χ3n) is 4.68. The van der Waals surface area contributed by atoms with E-state index >= 15 is 0 Å². The quantitative estimate of drug-likeness (QED) is 0.595. The van der Waals surface area contributed by atoms with Crippen LogP contribution in [-0.2, 0) is 11.2 Å². The Hall–Kier alpha value is -3.21. The van der Waals surface area contributed by atoms with Gasteiger partial charge in [0.05, 0.1) is 6.42 Å². The van der Waals surface area contributed by atoms with E-state index in [0.717, 1.165) is 4.88 Å². The fourth-order valence-electron chi connectivity index (χ4n) is 3.19. The predicted octanol–water partition coefficient (Wildman–Crippen LogP) is 3.39. The Morgan fingerprint density at radius 2 is 1.71 bits per heavy atom. The van der Waals surface area contributed by atoms with E-state index in [1.807, 2.05) is 9.80 Å². The van der Waals surface area contributed by atoms with Gasteiger partial charge >= 0.3 is 6.36 Å². The first-order chi connectivity index (χ1) is 14.9. The maximum Gasteiger partial charge on any atom is 0.573 e. The number of hydrogen-bond donors (Lipinski definition) is 0. The molecule has 1 saturated heterocycles. The number of halogens is 3. The van der Waals surface area contributed by atoms with Gasteiger partial charge in [-0.25, -0.2) is 15.0 Å². The zero-order chi connectivity index (χ0) is 21.8. The van der Waals surface area contributed by atoms with Crippen LogP contribution in [0.25, 0.3) is 10.6 Å². The monoisotopic (exact) mass is 449 g/mol. The van der Waals surface area contributed by atoms with Crippen molar-refractivity contribution in [3.63, 3.8) is 0 Å². The average molecular weight is 449 g/mol. The van der Waals surface area contributed by atoms with Gasteiger partial charge in [0.1, 0.15) is 10.8 Å². The van der Waals surface area contributed by atoms with Crippen LogP contribution in [0.5, 0.6) is 5.75 Å². The SMILES string of the molecule is O=C(Cc1cnc(-c2ccc(OC(F)(F)F)cc2)s1)N1CCN(c2ncccn2)CC1. The molecule has 2 aromatic heterocycles. The highest BCUT2D eigenvalue weighted by Crippen LogP contribution is 2.29. The average Bonchev–Trinajstić information content (AvgIpc) is 3.22. The van der Waals surface area contributed by atoms with Gasteiger partial charge in [-0.15, -0.1) is 24.5 Å². The first kappa shape index (κ1) is 21.0. The van der Waals surface area contributed by atoms with Gasteiger partial charge in [0, 0.05) is 55.2 Å². The molecule has 7 nitrogen and oxygen atoms in total. The number of thiazole rings is 1. The van der Waals surface area contributed by atoms with Crippen LogP contribution in [0.4, 0.5) is 19.1 Å². The second-order valence-electron chi connectivity index (χ2n) is 6.80. The molecule has 1 aromatic carbocycles. The summed E-state index contributed by atoms with van der Waals surface area (Å²) in [6.45, 7) is 2.50. The Bertz CT molecular complexity index is 1020. The smallest absolute Gasteiger partial charge is 0.406 e. The Kier molecular flexibility index (Phi) is 6.03. The molecule has 0 bridgehead atoms. The number of ether oxygens (including phenoxy) is 1. The largest absolute Gasteiger partial charge is 0.573 e. The van der Waals surface area contributed by atoms with Crippen LogP contribution < -0.4 is 9.64 Å². The molecule has 3 heterocycles. The normalized spacial score (nSPS) is 14.5. The minimum absolute atomic E-state index is 0.0118. The van der Waals surface area contributed by atoms with Gasteiger partial charge in [0.15, 0.2) is 0 Å². The van der Waals surface area contributed by atoms with Crippen molar-refractivity contribution in [3.8, 4) is 16.3 Å². The van der Waals surface area contributed by atoms with Gasteiger partial charge in [-0.1, -0.05) is 0 Å². The number of alkyl halides is 3. The number of carbonyl (C=O) groups is 1. The molecular weight excluding hydrogens is 431 g/mol. The van der Waals surface area contributed by atoms with Crippen LogP contribution in [0.3, 0.4) is 0 Å². The fraction of sp³-hybridized carbons (Fsp3) is 0.300. The molecule has 0 saturated carbocycles. The summed E-state index contributed by atoms with van der Waals surface area (Å²) < 4.78 is 40.7. The molecule has 3 aromatic rings. The summed E-state index contributed by atoms with van der Waals surface area (Å²) in [5.41, 5.74) is 0.662. The topological polar surface area (TPSA) is 71.5 Å². The molecule has 0 spiro atoms. The summed E-state index contributed by atoms with van der Waals surface area (Å²) in [7, 11) is 0. The molecule has 0 unspecified atom stereocenters. The summed E-state index contributed by atoms with van der Waals surface area (Å²) in [6, 6.07) is 7.26. The number of amides is 1. The molecule has 1 aliphatic rings. The van der Waals surface area contributed by atoms with Crippen LogP contribution in [0.1, 0.15) is 4.88 Å². The fourth-order valence-corrected chi connectivity index (χ4v) is 4.10. The molecule has 0 atom stereocenters. The van der Waals surface area contributed by atoms with Crippen molar-refractivity contribution in [3.05, 3.63) is 53.8 Å². The zero-order valence-corrected chi connectivity index (χ0v) is 17.1. The van der Waals surface area contributed by atoms with E-state index < -0.39 is 6.36 Å². The van der Waals surface area contributed by atoms with Gasteiger partial charge in [-0.3, -0.25) is 4.79 Å². The molecule has 31 heavy (non-hydrogen) atoms. The van der Waals surface area contributed by atoms with E-state index in [1.165, 1.54) is 35.6 Å². The molecule has 1 amide bonds. The Labute approximate surface area is 180 Å². The number of aromatic nitrogens is 3. The van der Waals surface area contributed by atoms with Crippen LogP contribution in [0.2, 0.25) is 0 Å². The number of carbonyl (C=O) groups excluding carboxylic acids is 1. The van der Waals surface area contributed by atoms with Gasteiger partial charge in [0.25, 0.3) is 0 Å². The number of hydrogen-bond acceptors (Lipinski definition) is 7. The van der Waals surface area contributed by atoms with Crippen molar-refractivity contribution in [2.75, 3.05) is 31.1 Å². The van der Waals surface area contributed by atoms with Gasteiger partial charge in [0.2, 0.25) is 11.9 Å². The lowest BCUT2D eigenvalue weighted by Gasteiger charge is -2.34. The van der Waals surface area contributed by atoms with Crippen molar-refractivity contribution < 1.29 is 22.7 Å². The molecule has 1 aliphatic heterocycles. The lowest BCUT2D eigenvalue weighted by molar-refractivity contribution is -0.274. The van der Waals surface area contributed by atoms with E-state index in [-0.39, 0.29) is 18.1 Å². The maximum absolute atomic E-state index is 12.7. The molecule has 0 aliphatic carbocycles. The highest BCUT2D eigenvalue weighted by molar-refractivity contribution is 7.15. The number of rotatable bonds is 5. The first-order valence-electron chi connectivity index (χ1n) is 9.48. The van der Waals surface area contributed by atoms with Gasteiger partial charge < -0.3 is 14.5 Å². The Morgan fingerprint density at radius 3 is 2.35 bits per heavy atom. The number of benzene rings is 1. The lowest BCUT2D eigenvalue weighted by atomic mass is 10.2. The van der Waals surface area contributed by atoms with Gasteiger partial charge in [-0.2, -0.15) is 0 Å². The second-order valence-corrected chi connectivity index (χ2v) is 7.91. The van der Waals surface area contributed by atoms with Gasteiger partial charge in [-0.05, 0) is 30.3 Å². The van der Waals surface area contributed by atoms with E-state index in [0.29, 0.717) is 42.7 Å². The van der Waals surface area contributed by atoms with E-state index in [4.69, 9.17) is 0 Å². The zero-order valence-electron chi connectivity index (χ0n) is 16.2. The van der Waals surface area contributed by atoms with E-state index in [1.54, 1.807) is 24.7 Å². The summed E-state index contributed by atoms with van der Waals surface area (Å²) in [4.78, 5) is 30.1. The Morgan fingerprint density at radius 1 is 1.03 bits per heavy atom. The number of nitrogens with zero attached hydrogens (tertiary/aromatic N) is 5. The van der Waals surface area contributed by atoms with E-state index in [2.05, 4.69) is 19.7 Å². The van der Waals surface area contributed by atoms with Crippen molar-refractivity contribution in [1.82, 2.24) is 19.9 Å². The van der Waals surface area contributed by atoms with E-state index in [9.17, 15) is 18.0 Å². The Balaban J connectivity index is 1.32. The molecule has 0 N–H and O–H groups in total. The lowest BCUT2D eigenvalue weighted by Crippen LogP contribution is -2.49. The number of anilines is 1. The van der Waals surface area contributed by atoms with Crippen LogP contribution in [-0.4, -0.2) is 58.3 Å². The molecular formula is C20H18F3N5O2S. The van der Waals surface area contributed by atoms with Crippen molar-refractivity contribution >= 4 is 23.2 Å².